The van der Waals surface area contributed by atoms with Crippen molar-refractivity contribution in [3.63, 3.8) is 0 Å². The molecule has 2 N–H and O–H groups in total. The highest BCUT2D eigenvalue weighted by atomic mass is 35.5. The summed E-state index contributed by atoms with van der Waals surface area (Å²) in [6, 6.07) is 7.56. The van der Waals surface area contributed by atoms with Gasteiger partial charge in [-0.3, -0.25) is 4.79 Å². The second-order valence-electron chi connectivity index (χ2n) is 4.46. The van der Waals surface area contributed by atoms with Crippen molar-refractivity contribution < 1.29 is 9.53 Å². The lowest BCUT2D eigenvalue weighted by Crippen LogP contribution is -2.37. The van der Waals surface area contributed by atoms with E-state index < -0.39 is 5.41 Å². The van der Waals surface area contributed by atoms with Crippen LogP contribution in [0.2, 0.25) is 0 Å². The number of benzene rings is 1. The van der Waals surface area contributed by atoms with E-state index >= 15 is 0 Å². The molecule has 0 bridgehead atoms. The Morgan fingerprint density at radius 2 is 1.83 bits per heavy atom. The summed E-state index contributed by atoms with van der Waals surface area (Å²) in [7, 11) is 1.38. The number of rotatable bonds is 4. The average molecular weight is 290 g/mol. The molecule has 0 saturated carbocycles. The summed E-state index contributed by atoms with van der Waals surface area (Å²) >= 11 is 1.68. The van der Waals surface area contributed by atoms with Crippen LogP contribution in [0.3, 0.4) is 0 Å². The van der Waals surface area contributed by atoms with Gasteiger partial charge in [0, 0.05) is 10.9 Å². The Morgan fingerprint density at radius 3 is 2.22 bits per heavy atom. The van der Waals surface area contributed by atoms with Crippen molar-refractivity contribution in [2.45, 2.75) is 24.8 Å². The predicted molar refractivity (Wildman–Crippen MR) is 78.2 cm³/mol. The van der Waals surface area contributed by atoms with E-state index in [1.54, 1.807) is 25.6 Å². The fourth-order valence-electron chi connectivity index (χ4n) is 1.62. The van der Waals surface area contributed by atoms with Crippen LogP contribution in [0.1, 0.15) is 25.5 Å². The van der Waals surface area contributed by atoms with E-state index in [1.807, 2.05) is 30.5 Å². The lowest BCUT2D eigenvalue weighted by Gasteiger charge is -2.29. The number of carbonyl (C=O) groups is 1. The van der Waals surface area contributed by atoms with Gasteiger partial charge in [0.2, 0.25) is 0 Å². The number of carbonyl (C=O) groups excluding carboxylic acids is 1. The minimum Gasteiger partial charge on any atom is -0.469 e. The second kappa shape index (κ2) is 7.02. The molecule has 0 aromatic heterocycles. The molecule has 1 rings (SSSR count). The molecule has 0 radical (unpaired) electrons. The Bertz CT molecular complexity index is 392. The Kier molecular flexibility index (Phi) is 6.74. The SMILES string of the molecule is COC(=O)C(C)(C)[C@@H](N)c1ccc(SC)cc1.Cl. The van der Waals surface area contributed by atoms with Crippen LogP contribution in [0, 0.1) is 5.41 Å². The molecule has 18 heavy (non-hydrogen) atoms. The van der Waals surface area contributed by atoms with Gasteiger partial charge in [0.15, 0.2) is 0 Å². The minimum absolute atomic E-state index is 0. The molecule has 0 amide bonds. The van der Waals surface area contributed by atoms with E-state index in [0.717, 1.165) is 5.56 Å². The second-order valence-corrected chi connectivity index (χ2v) is 5.34. The van der Waals surface area contributed by atoms with Gasteiger partial charge in [-0.1, -0.05) is 12.1 Å². The normalized spacial score (nSPS) is 12.5. The van der Waals surface area contributed by atoms with Crippen LogP contribution >= 0.6 is 24.2 Å². The quantitative estimate of drug-likeness (QED) is 0.684. The fraction of sp³-hybridized carbons (Fsp3) is 0.462. The van der Waals surface area contributed by atoms with Crippen LogP contribution in [0.5, 0.6) is 0 Å². The van der Waals surface area contributed by atoms with Crippen LogP contribution in [0.15, 0.2) is 29.2 Å². The van der Waals surface area contributed by atoms with E-state index in [1.165, 1.54) is 12.0 Å². The molecule has 0 aliphatic carbocycles. The van der Waals surface area contributed by atoms with Gasteiger partial charge in [-0.05, 0) is 37.8 Å². The lowest BCUT2D eigenvalue weighted by molar-refractivity contribution is -0.152. The van der Waals surface area contributed by atoms with Gasteiger partial charge in [0.1, 0.15) is 0 Å². The standard InChI is InChI=1S/C13H19NO2S.ClH/c1-13(2,12(15)16-3)11(14)9-5-7-10(17-4)8-6-9;/h5-8,11H,14H2,1-4H3;1H/t11-;/m0./s1. The van der Waals surface area contributed by atoms with Gasteiger partial charge in [-0.15, -0.1) is 24.2 Å². The van der Waals surface area contributed by atoms with E-state index in [4.69, 9.17) is 10.5 Å². The molecule has 1 atom stereocenters. The summed E-state index contributed by atoms with van der Waals surface area (Å²) in [6.07, 6.45) is 2.02. The first-order chi connectivity index (χ1) is 7.93. The third kappa shape index (κ3) is 3.64. The molecule has 0 heterocycles. The highest BCUT2D eigenvalue weighted by Crippen LogP contribution is 2.33. The first-order valence-electron chi connectivity index (χ1n) is 5.41. The zero-order chi connectivity index (χ0) is 13.1. The molecular weight excluding hydrogens is 270 g/mol. The Morgan fingerprint density at radius 1 is 1.33 bits per heavy atom. The van der Waals surface area contributed by atoms with Crippen LogP contribution in [0.25, 0.3) is 0 Å². The number of nitrogens with two attached hydrogens (primary N) is 1. The molecule has 0 aliphatic rings. The van der Waals surface area contributed by atoms with Crippen LogP contribution in [-0.2, 0) is 9.53 Å². The number of esters is 1. The maximum atomic E-state index is 11.7. The predicted octanol–water partition coefficient (Wildman–Crippen LogP) is 3.03. The van der Waals surface area contributed by atoms with Crippen molar-refractivity contribution in [3.8, 4) is 0 Å². The molecule has 0 unspecified atom stereocenters. The Balaban J connectivity index is 0.00000289. The number of ether oxygens (including phenoxy) is 1. The van der Waals surface area contributed by atoms with Crippen molar-refractivity contribution in [3.05, 3.63) is 29.8 Å². The monoisotopic (exact) mass is 289 g/mol. The molecule has 0 fully saturated rings. The summed E-state index contributed by atoms with van der Waals surface area (Å²) in [4.78, 5) is 12.8. The Hall–Kier alpha value is -0.710. The van der Waals surface area contributed by atoms with E-state index in [2.05, 4.69) is 0 Å². The largest absolute Gasteiger partial charge is 0.469 e. The van der Waals surface area contributed by atoms with E-state index in [9.17, 15) is 4.79 Å². The van der Waals surface area contributed by atoms with Gasteiger partial charge < -0.3 is 10.5 Å². The summed E-state index contributed by atoms with van der Waals surface area (Å²) in [5.41, 5.74) is 6.35. The summed E-state index contributed by atoms with van der Waals surface area (Å²) in [5.74, 6) is -0.293. The first-order valence-corrected chi connectivity index (χ1v) is 6.64. The number of hydrogen-bond donors (Lipinski definition) is 1. The fourth-order valence-corrected chi connectivity index (χ4v) is 2.03. The van der Waals surface area contributed by atoms with Crippen molar-refractivity contribution in [1.82, 2.24) is 0 Å². The van der Waals surface area contributed by atoms with Crippen LogP contribution in [-0.4, -0.2) is 19.3 Å². The molecule has 0 aliphatic heterocycles. The van der Waals surface area contributed by atoms with Crippen LogP contribution < -0.4 is 5.73 Å². The highest BCUT2D eigenvalue weighted by Gasteiger charge is 2.36. The highest BCUT2D eigenvalue weighted by molar-refractivity contribution is 7.98. The number of methoxy groups -OCH3 is 1. The third-order valence-electron chi connectivity index (χ3n) is 2.96. The lowest BCUT2D eigenvalue weighted by atomic mass is 9.81. The molecular formula is C13H20ClNO2S. The third-order valence-corrected chi connectivity index (χ3v) is 3.71. The zero-order valence-corrected chi connectivity index (χ0v) is 12.7. The van der Waals surface area contributed by atoms with Crippen molar-refractivity contribution >= 4 is 30.1 Å². The smallest absolute Gasteiger partial charge is 0.313 e. The first kappa shape index (κ1) is 17.3. The molecule has 3 nitrogen and oxygen atoms in total. The van der Waals surface area contributed by atoms with Crippen LogP contribution in [0.4, 0.5) is 0 Å². The number of halogens is 1. The Labute approximate surface area is 119 Å². The van der Waals surface area contributed by atoms with Gasteiger partial charge >= 0.3 is 5.97 Å². The molecule has 1 aromatic rings. The number of thioether (sulfide) groups is 1. The number of hydrogen-bond acceptors (Lipinski definition) is 4. The molecule has 1 aromatic carbocycles. The molecule has 5 heteroatoms. The van der Waals surface area contributed by atoms with Crippen molar-refractivity contribution in [1.29, 1.82) is 0 Å². The average Bonchev–Trinajstić information content (AvgIpc) is 2.36. The maximum absolute atomic E-state index is 11.7. The summed E-state index contributed by atoms with van der Waals surface area (Å²) in [6.45, 7) is 3.60. The van der Waals surface area contributed by atoms with E-state index in [-0.39, 0.29) is 24.4 Å². The maximum Gasteiger partial charge on any atom is 0.313 e. The van der Waals surface area contributed by atoms with E-state index in [0.29, 0.717) is 0 Å². The zero-order valence-electron chi connectivity index (χ0n) is 11.1. The topological polar surface area (TPSA) is 52.3 Å². The molecule has 102 valence electrons. The minimum atomic E-state index is -0.727. The summed E-state index contributed by atoms with van der Waals surface area (Å²) < 4.78 is 4.78. The van der Waals surface area contributed by atoms with Gasteiger partial charge in [0.25, 0.3) is 0 Å². The van der Waals surface area contributed by atoms with Gasteiger partial charge in [0.05, 0.1) is 12.5 Å². The molecule has 0 saturated heterocycles. The molecule has 0 spiro atoms. The van der Waals surface area contributed by atoms with Gasteiger partial charge in [-0.2, -0.15) is 0 Å². The van der Waals surface area contributed by atoms with Gasteiger partial charge in [-0.25, -0.2) is 0 Å². The van der Waals surface area contributed by atoms with Crippen molar-refractivity contribution in [2.24, 2.45) is 11.1 Å². The van der Waals surface area contributed by atoms with Crippen molar-refractivity contribution in [2.75, 3.05) is 13.4 Å². The summed E-state index contributed by atoms with van der Waals surface area (Å²) in [5, 5.41) is 0.